The van der Waals surface area contributed by atoms with Crippen molar-refractivity contribution in [3.8, 4) is 17.1 Å². The molecular weight excluding hydrogens is 390 g/mol. The Morgan fingerprint density at radius 2 is 1.74 bits per heavy atom. The van der Waals surface area contributed by atoms with Crippen LogP contribution in [0.2, 0.25) is 0 Å². The number of amides is 1. The van der Waals surface area contributed by atoms with E-state index in [4.69, 9.17) is 4.52 Å². The maximum atomic E-state index is 12.9. The molecule has 0 radical (unpaired) electrons. The predicted octanol–water partition coefficient (Wildman–Crippen LogP) is 4.97. The van der Waals surface area contributed by atoms with Gasteiger partial charge in [0, 0.05) is 23.9 Å². The molecule has 1 N–H and O–H groups in total. The lowest BCUT2D eigenvalue weighted by Crippen LogP contribution is -2.14. The van der Waals surface area contributed by atoms with Gasteiger partial charge in [-0.2, -0.15) is 10.1 Å². The third-order valence-electron chi connectivity index (χ3n) is 5.22. The molecule has 0 unspecified atom stereocenters. The maximum absolute atomic E-state index is 12.9. The summed E-state index contributed by atoms with van der Waals surface area (Å²) in [4.78, 5) is 17.3. The molecule has 2 aromatic carbocycles. The molecule has 0 aliphatic carbocycles. The summed E-state index contributed by atoms with van der Waals surface area (Å²) in [5.74, 6) is 0.995. The van der Waals surface area contributed by atoms with Crippen LogP contribution >= 0.6 is 0 Å². The van der Waals surface area contributed by atoms with Crippen LogP contribution in [0.3, 0.4) is 0 Å². The van der Waals surface area contributed by atoms with Crippen molar-refractivity contribution in [2.24, 2.45) is 0 Å². The summed E-state index contributed by atoms with van der Waals surface area (Å²) in [6.45, 7) is 9.85. The second-order valence-electron chi connectivity index (χ2n) is 7.71. The molecular formula is C24H25N5O2. The first-order valence-corrected chi connectivity index (χ1v) is 10.2. The second kappa shape index (κ2) is 8.18. The van der Waals surface area contributed by atoms with Crippen molar-refractivity contribution in [3.63, 3.8) is 0 Å². The summed E-state index contributed by atoms with van der Waals surface area (Å²) in [6.07, 6.45) is 2.45. The molecule has 7 nitrogen and oxygen atoms in total. The molecule has 1 amide bonds. The predicted molar refractivity (Wildman–Crippen MR) is 120 cm³/mol. The fourth-order valence-electron chi connectivity index (χ4n) is 3.65. The zero-order valence-corrected chi connectivity index (χ0v) is 18.4. The van der Waals surface area contributed by atoms with E-state index in [0.29, 0.717) is 29.4 Å². The van der Waals surface area contributed by atoms with Gasteiger partial charge in [-0.15, -0.1) is 0 Å². The highest BCUT2D eigenvalue weighted by molar-refractivity contribution is 6.05. The van der Waals surface area contributed by atoms with Gasteiger partial charge in [-0.1, -0.05) is 29.8 Å². The standard InChI is InChI=1S/C24H25N5O2/c1-6-21-25-23(28-31-21)18-7-9-19(10-8-18)29-13-20(17(5)27-29)24(30)26-22-15(3)11-14(2)12-16(22)4/h7-13H,6H2,1-5H3,(H,26,30). The summed E-state index contributed by atoms with van der Waals surface area (Å²) in [5.41, 5.74) is 7.00. The minimum atomic E-state index is -0.172. The van der Waals surface area contributed by atoms with Gasteiger partial charge in [-0.25, -0.2) is 4.68 Å². The summed E-state index contributed by atoms with van der Waals surface area (Å²) in [7, 11) is 0. The smallest absolute Gasteiger partial charge is 0.259 e. The first-order valence-electron chi connectivity index (χ1n) is 10.2. The molecule has 0 saturated heterocycles. The van der Waals surface area contributed by atoms with Gasteiger partial charge < -0.3 is 9.84 Å². The number of hydrogen-bond acceptors (Lipinski definition) is 5. The second-order valence-corrected chi connectivity index (χ2v) is 7.71. The first-order chi connectivity index (χ1) is 14.9. The average molecular weight is 415 g/mol. The van der Waals surface area contributed by atoms with Crippen LogP contribution in [0.1, 0.15) is 45.6 Å². The van der Waals surface area contributed by atoms with E-state index in [-0.39, 0.29) is 5.91 Å². The molecule has 0 bridgehead atoms. The van der Waals surface area contributed by atoms with E-state index in [1.54, 1.807) is 10.9 Å². The number of aromatic nitrogens is 4. The first kappa shape index (κ1) is 20.5. The Hall–Kier alpha value is -3.74. The Kier molecular flexibility index (Phi) is 5.42. The van der Waals surface area contributed by atoms with E-state index < -0.39 is 0 Å². The highest BCUT2D eigenvalue weighted by Crippen LogP contribution is 2.24. The van der Waals surface area contributed by atoms with Crippen molar-refractivity contribution in [3.05, 3.63) is 76.4 Å². The Balaban J connectivity index is 1.57. The molecule has 158 valence electrons. The largest absolute Gasteiger partial charge is 0.339 e. The van der Waals surface area contributed by atoms with E-state index in [0.717, 1.165) is 28.1 Å². The van der Waals surface area contributed by atoms with Crippen LogP contribution in [0, 0.1) is 27.7 Å². The molecule has 4 rings (SSSR count). The van der Waals surface area contributed by atoms with Gasteiger partial charge >= 0.3 is 0 Å². The third kappa shape index (κ3) is 4.12. The van der Waals surface area contributed by atoms with Gasteiger partial charge in [0.2, 0.25) is 11.7 Å². The van der Waals surface area contributed by atoms with Crippen molar-refractivity contribution < 1.29 is 9.32 Å². The van der Waals surface area contributed by atoms with E-state index in [9.17, 15) is 4.79 Å². The number of carbonyl (C=O) groups excluding carboxylic acids is 1. The monoisotopic (exact) mass is 415 g/mol. The molecule has 2 aromatic heterocycles. The topological polar surface area (TPSA) is 85.8 Å². The summed E-state index contributed by atoms with van der Waals surface area (Å²) < 4.78 is 6.88. The van der Waals surface area contributed by atoms with Gasteiger partial charge in [0.1, 0.15) is 0 Å². The molecule has 0 fully saturated rings. The van der Waals surface area contributed by atoms with E-state index in [1.807, 2.05) is 58.9 Å². The van der Waals surface area contributed by atoms with Crippen LogP contribution in [-0.4, -0.2) is 25.8 Å². The average Bonchev–Trinajstić information content (AvgIpc) is 3.37. The SMILES string of the molecule is CCc1nc(-c2ccc(-n3cc(C(=O)Nc4c(C)cc(C)cc4C)c(C)n3)cc2)no1. The minimum absolute atomic E-state index is 0.172. The molecule has 0 saturated carbocycles. The number of nitrogens with zero attached hydrogens (tertiary/aromatic N) is 4. The fraction of sp³-hybridized carbons (Fsp3) is 0.250. The van der Waals surface area contributed by atoms with Crippen LogP contribution in [0.15, 0.2) is 47.1 Å². The highest BCUT2D eigenvalue weighted by atomic mass is 16.5. The lowest BCUT2D eigenvalue weighted by atomic mass is 10.0. The van der Waals surface area contributed by atoms with Gasteiger partial charge in [0.15, 0.2) is 0 Å². The molecule has 4 aromatic rings. The summed E-state index contributed by atoms with van der Waals surface area (Å²) >= 11 is 0. The van der Waals surface area contributed by atoms with Gasteiger partial charge in [-0.05, 0) is 63.1 Å². The minimum Gasteiger partial charge on any atom is -0.339 e. The van der Waals surface area contributed by atoms with Crippen LogP contribution in [0.25, 0.3) is 17.1 Å². The zero-order valence-electron chi connectivity index (χ0n) is 18.4. The number of hydrogen-bond donors (Lipinski definition) is 1. The van der Waals surface area contributed by atoms with Crippen molar-refractivity contribution >= 4 is 11.6 Å². The van der Waals surface area contributed by atoms with Gasteiger partial charge in [0.05, 0.1) is 16.9 Å². The van der Waals surface area contributed by atoms with Crippen LogP contribution in [0.5, 0.6) is 0 Å². The molecule has 0 aliphatic heterocycles. The Labute approximate surface area is 181 Å². The van der Waals surface area contributed by atoms with Crippen LogP contribution in [0.4, 0.5) is 5.69 Å². The van der Waals surface area contributed by atoms with Gasteiger partial charge in [0.25, 0.3) is 5.91 Å². The summed E-state index contributed by atoms with van der Waals surface area (Å²) in [6, 6.07) is 11.8. The molecule has 0 atom stereocenters. The van der Waals surface area contributed by atoms with Crippen molar-refractivity contribution in [1.82, 2.24) is 19.9 Å². The number of aryl methyl sites for hydroxylation is 5. The Bertz CT molecular complexity index is 1230. The van der Waals surface area contributed by atoms with Crippen molar-refractivity contribution in [2.45, 2.75) is 41.0 Å². The van der Waals surface area contributed by atoms with E-state index in [1.165, 1.54) is 5.56 Å². The number of carbonyl (C=O) groups is 1. The number of benzene rings is 2. The molecule has 0 spiro atoms. The number of anilines is 1. The highest BCUT2D eigenvalue weighted by Gasteiger charge is 2.17. The maximum Gasteiger partial charge on any atom is 0.259 e. The van der Waals surface area contributed by atoms with Crippen LogP contribution in [-0.2, 0) is 6.42 Å². The molecule has 7 heteroatoms. The Morgan fingerprint density at radius 3 is 2.35 bits per heavy atom. The third-order valence-corrected chi connectivity index (χ3v) is 5.22. The lowest BCUT2D eigenvalue weighted by Gasteiger charge is -2.12. The quantitative estimate of drug-likeness (QED) is 0.497. The summed E-state index contributed by atoms with van der Waals surface area (Å²) in [5, 5.41) is 11.6. The Morgan fingerprint density at radius 1 is 1.06 bits per heavy atom. The van der Waals surface area contributed by atoms with Gasteiger partial charge in [-0.3, -0.25) is 4.79 Å². The van der Waals surface area contributed by atoms with Crippen molar-refractivity contribution in [1.29, 1.82) is 0 Å². The fourth-order valence-corrected chi connectivity index (χ4v) is 3.65. The lowest BCUT2D eigenvalue weighted by molar-refractivity contribution is 0.102. The molecule has 31 heavy (non-hydrogen) atoms. The van der Waals surface area contributed by atoms with Crippen LogP contribution < -0.4 is 5.32 Å². The molecule has 0 aliphatic rings. The normalized spacial score (nSPS) is 11.0. The van der Waals surface area contributed by atoms with E-state index >= 15 is 0 Å². The number of rotatable bonds is 5. The molecule has 2 heterocycles. The van der Waals surface area contributed by atoms with E-state index in [2.05, 4.69) is 32.7 Å². The number of nitrogens with one attached hydrogen (secondary N) is 1. The zero-order chi connectivity index (χ0) is 22.1. The van der Waals surface area contributed by atoms with Crippen molar-refractivity contribution in [2.75, 3.05) is 5.32 Å².